The fourth-order valence-electron chi connectivity index (χ4n) is 2.51. The van der Waals surface area contributed by atoms with Gasteiger partial charge in [-0.3, -0.25) is 9.59 Å². The van der Waals surface area contributed by atoms with Crippen LogP contribution in [0.3, 0.4) is 0 Å². The minimum absolute atomic E-state index is 0.151. The van der Waals surface area contributed by atoms with Crippen LogP contribution in [-0.4, -0.2) is 56.7 Å². The molecule has 1 unspecified atom stereocenters. The third-order valence-corrected chi connectivity index (χ3v) is 6.30. The van der Waals surface area contributed by atoms with Gasteiger partial charge >= 0.3 is 5.97 Å². The number of hydrogen-bond acceptors (Lipinski definition) is 5. The van der Waals surface area contributed by atoms with Crippen molar-refractivity contribution in [3.8, 4) is 0 Å². The Bertz CT molecular complexity index is 949. The lowest BCUT2D eigenvalue weighted by atomic mass is 10.1. The van der Waals surface area contributed by atoms with Crippen molar-refractivity contribution >= 4 is 21.9 Å². The molecule has 0 saturated heterocycles. The highest BCUT2D eigenvalue weighted by Gasteiger charge is 2.25. The van der Waals surface area contributed by atoms with Crippen LogP contribution in [0.2, 0.25) is 0 Å². The van der Waals surface area contributed by atoms with Crippen LogP contribution in [0, 0.1) is 5.82 Å². The Morgan fingerprint density at radius 1 is 1.03 bits per heavy atom. The summed E-state index contributed by atoms with van der Waals surface area (Å²) in [5.41, 5.74) is 0.930. The van der Waals surface area contributed by atoms with Crippen molar-refractivity contribution in [2.75, 3.05) is 27.2 Å². The van der Waals surface area contributed by atoms with Gasteiger partial charge in [0.25, 0.3) is 5.91 Å². The lowest BCUT2D eigenvalue weighted by Crippen LogP contribution is -2.36. The first-order valence-electron chi connectivity index (χ1n) is 8.81. The smallest absolute Gasteiger partial charge is 0.321 e. The van der Waals surface area contributed by atoms with Crippen LogP contribution >= 0.6 is 0 Å². The number of likely N-dealkylation sites (N-methyl/N-ethyl adjacent to an activating group) is 2. The molecule has 0 N–H and O–H groups in total. The van der Waals surface area contributed by atoms with Gasteiger partial charge in [0.15, 0.2) is 6.61 Å². The number of halogens is 1. The van der Waals surface area contributed by atoms with Crippen LogP contribution in [0.15, 0.2) is 59.5 Å². The summed E-state index contributed by atoms with van der Waals surface area (Å²) in [6.07, 6.45) is 0. The van der Waals surface area contributed by atoms with Crippen LogP contribution in [0.25, 0.3) is 0 Å². The first-order valence-corrected chi connectivity index (χ1v) is 10.2. The van der Waals surface area contributed by atoms with Crippen LogP contribution in [0.5, 0.6) is 0 Å². The normalized spacial score (nSPS) is 12.4. The van der Waals surface area contributed by atoms with Gasteiger partial charge in [-0.25, -0.2) is 12.8 Å². The Hall–Kier alpha value is -2.78. The lowest BCUT2D eigenvalue weighted by Gasteiger charge is -2.25. The summed E-state index contributed by atoms with van der Waals surface area (Å²) < 4.78 is 43.5. The molecule has 2 rings (SSSR count). The number of benzene rings is 2. The highest BCUT2D eigenvalue weighted by molar-refractivity contribution is 7.89. The maximum absolute atomic E-state index is 13.0. The topological polar surface area (TPSA) is 84.0 Å². The molecule has 0 heterocycles. The zero-order valence-corrected chi connectivity index (χ0v) is 17.2. The molecule has 1 atom stereocenters. The van der Waals surface area contributed by atoms with Crippen molar-refractivity contribution in [1.29, 1.82) is 0 Å². The van der Waals surface area contributed by atoms with Gasteiger partial charge in [0.05, 0.1) is 10.9 Å². The van der Waals surface area contributed by atoms with E-state index in [4.69, 9.17) is 4.74 Å². The van der Waals surface area contributed by atoms with E-state index in [1.165, 1.54) is 11.9 Å². The van der Waals surface area contributed by atoms with Crippen LogP contribution < -0.4 is 0 Å². The molecular formula is C20H23FN2O5S. The van der Waals surface area contributed by atoms with Crippen molar-refractivity contribution in [2.24, 2.45) is 0 Å². The SMILES string of the molecule is CC(c1ccccc1)N(C)C(=O)COC(=O)CN(C)S(=O)(=O)c1ccc(F)cc1. The molecule has 0 aromatic heterocycles. The number of sulfonamides is 1. The average Bonchev–Trinajstić information content (AvgIpc) is 2.71. The first-order chi connectivity index (χ1) is 13.6. The zero-order valence-electron chi connectivity index (χ0n) is 16.4. The summed E-state index contributed by atoms with van der Waals surface area (Å²) >= 11 is 0. The van der Waals surface area contributed by atoms with E-state index in [9.17, 15) is 22.4 Å². The van der Waals surface area contributed by atoms with E-state index in [-0.39, 0.29) is 10.9 Å². The molecule has 1 amide bonds. The van der Waals surface area contributed by atoms with E-state index in [2.05, 4.69) is 0 Å². The van der Waals surface area contributed by atoms with Gasteiger partial charge in [-0.1, -0.05) is 30.3 Å². The summed E-state index contributed by atoms with van der Waals surface area (Å²) in [4.78, 5) is 25.6. The quantitative estimate of drug-likeness (QED) is 0.609. The van der Waals surface area contributed by atoms with Crippen LogP contribution in [-0.2, 0) is 24.3 Å². The number of carbonyl (C=O) groups excluding carboxylic acids is 2. The van der Waals surface area contributed by atoms with Crippen molar-refractivity contribution in [3.05, 3.63) is 66.0 Å². The highest BCUT2D eigenvalue weighted by atomic mass is 32.2. The molecule has 9 heteroatoms. The fraction of sp³-hybridized carbons (Fsp3) is 0.300. The van der Waals surface area contributed by atoms with Gasteiger partial charge in [-0.15, -0.1) is 0 Å². The maximum atomic E-state index is 13.0. The largest absolute Gasteiger partial charge is 0.455 e. The third kappa shape index (κ3) is 5.85. The lowest BCUT2D eigenvalue weighted by molar-refractivity contribution is -0.152. The maximum Gasteiger partial charge on any atom is 0.321 e. The Kier molecular flexibility index (Phi) is 7.46. The van der Waals surface area contributed by atoms with E-state index in [0.717, 1.165) is 34.1 Å². The van der Waals surface area contributed by atoms with Crippen molar-refractivity contribution in [1.82, 2.24) is 9.21 Å². The second kappa shape index (κ2) is 9.62. The molecule has 0 aliphatic rings. The number of nitrogens with zero attached hydrogens (tertiary/aromatic N) is 2. The van der Waals surface area contributed by atoms with E-state index < -0.39 is 40.9 Å². The molecule has 29 heavy (non-hydrogen) atoms. The van der Waals surface area contributed by atoms with Crippen LogP contribution in [0.4, 0.5) is 4.39 Å². The molecule has 0 fully saturated rings. The highest BCUT2D eigenvalue weighted by Crippen LogP contribution is 2.18. The molecule has 0 bridgehead atoms. The molecule has 0 aliphatic carbocycles. The molecule has 0 radical (unpaired) electrons. The molecular weight excluding hydrogens is 399 g/mol. The van der Waals surface area contributed by atoms with Gasteiger partial charge in [0.1, 0.15) is 12.4 Å². The van der Waals surface area contributed by atoms with Crippen LogP contribution in [0.1, 0.15) is 18.5 Å². The Morgan fingerprint density at radius 2 is 1.62 bits per heavy atom. The van der Waals surface area contributed by atoms with Gasteiger partial charge in [0.2, 0.25) is 10.0 Å². The van der Waals surface area contributed by atoms with Gasteiger partial charge in [-0.05, 0) is 36.8 Å². The fourth-order valence-corrected chi connectivity index (χ4v) is 3.63. The molecule has 2 aromatic carbocycles. The van der Waals surface area contributed by atoms with E-state index in [1.54, 1.807) is 7.05 Å². The van der Waals surface area contributed by atoms with E-state index in [0.29, 0.717) is 0 Å². The van der Waals surface area contributed by atoms with Crippen molar-refractivity contribution in [3.63, 3.8) is 0 Å². The number of esters is 1. The van der Waals surface area contributed by atoms with Gasteiger partial charge < -0.3 is 9.64 Å². The molecule has 156 valence electrons. The Morgan fingerprint density at radius 3 is 2.21 bits per heavy atom. The Balaban J connectivity index is 1.90. The number of rotatable bonds is 8. The molecule has 0 saturated carbocycles. The first kappa shape index (κ1) is 22.5. The van der Waals surface area contributed by atoms with Gasteiger partial charge in [-0.2, -0.15) is 4.31 Å². The molecule has 0 spiro atoms. The predicted octanol–water partition coefficient (Wildman–Crippen LogP) is 2.21. The molecule has 7 nitrogen and oxygen atoms in total. The van der Waals surface area contributed by atoms with Gasteiger partial charge in [0, 0.05) is 14.1 Å². The summed E-state index contributed by atoms with van der Waals surface area (Å²) in [5, 5.41) is 0. The summed E-state index contributed by atoms with van der Waals surface area (Å²) in [6.45, 7) is 0.764. The number of hydrogen-bond donors (Lipinski definition) is 0. The summed E-state index contributed by atoms with van der Waals surface area (Å²) in [5.74, 6) is -1.86. The second-order valence-electron chi connectivity index (χ2n) is 6.47. The minimum Gasteiger partial charge on any atom is -0.455 e. The molecule has 0 aliphatic heterocycles. The minimum atomic E-state index is -3.98. The third-order valence-electron chi connectivity index (χ3n) is 4.49. The monoisotopic (exact) mass is 422 g/mol. The van der Waals surface area contributed by atoms with E-state index >= 15 is 0 Å². The molecule has 2 aromatic rings. The number of amides is 1. The number of carbonyl (C=O) groups is 2. The summed E-state index contributed by atoms with van der Waals surface area (Å²) in [7, 11) is -1.19. The van der Waals surface area contributed by atoms with E-state index in [1.807, 2.05) is 37.3 Å². The Labute approximate surface area is 169 Å². The number of ether oxygens (including phenoxy) is 1. The average molecular weight is 422 g/mol. The van der Waals surface area contributed by atoms with Crippen molar-refractivity contribution in [2.45, 2.75) is 17.9 Å². The predicted molar refractivity (Wildman–Crippen MR) is 105 cm³/mol. The van der Waals surface area contributed by atoms with Crippen molar-refractivity contribution < 1.29 is 27.1 Å². The second-order valence-corrected chi connectivity index (χ2v) is 8.51. The zero-order chi connectivity index (χ0) is 21.6. The summed E-state index contributed by atoms with van der Waals surface area (Å²) in [6, 6.07) is 13.4. The standard InChI is InChI=1S/C20H23FN2O5S/c1-15(16-7-5-4-6-8-16)23(3)19(24)14-28-20(25)13-22(2)29(26,27)18-11-9-17(21)10-12-18/h4-12,15H,13-14H2,1-3H3.